The number of ether oxygens (including phenoxy) is 1. The van der Waals surface area contributed by atoms with Crippen LogP contribution in [0.1, 0.15) is 32.1 Å². The Labute approximate surface area is 108 Å². The van der Waals surface area contributed by atoms with Crippen molar-refractivity contribution in [2.45, 2.75) is 38.2 Å². The Morgan fingerprint density at radius 3 is 2.72 bits per heavy atom. The number of hydrogen-bond donors (Lipinski definition) is 1. The Bertz CT molecular complexity index is 456. The van der Waals surface area contributed by atoms with Crippen LogP contribution in [0.25, 0.3) is 0 Å². The Balaban J connectivity index is 1.53. The van der Waals surface area contributed by atoms with Crippen LogP contribution in [-0.2, 0) is 0 Å². The lowest BCUT2D eigenvalue weighted by Crippen LogP contribution is -2.32. The number of hydrogen-bond acceptors (Lipinski definition) is 2. The van der Waals surface area contributed by atoms with Crippen molar-refractivity contribution in [1.82, 2.24) is 0 Å². The van der Waals surface area contributed by atoms with Crippen molar-refractivity contribution in [1.29, 1.82) is 0 Å². The molecule has 0 aliphatic heterocycles. The Kier molecular flexibility index (Phi) is 2.33. The number of fused-ring (bicyclic) bond motifs is 5. The molecule has 0 spiro atoms. The number of aromatic hydroxyl groups is 1. The van der Waals surface area contributed by atoms with E-state index in [1.807, 2.05) is 18.2 Å². The van der Waals surface area contributed by atoms with E-state index in [2.05, 4.69) is 0 Å². The van der Waals surface area contributed by atoms with Gasteiger partial charge in [0.25, 0.3) is 0 Å². The first-order chi connectivity index (χ1) is 8.83. The maximum absolute atomic E-state index is 9.80. The van der Waals surface area contributed by atoms with Crippen LogP contribution >= 0.6 is 0 Å². The van der Waals surface area contributed by atoms with E-state index in [-0.39, 0.29) is 5.75 Å². The van der Waals surface area contributed by atoms with E-state index < -0.39 is 0 Å². The maximum atomic E-state index is 9.80. The van der Waals surface area contributed by atoms with Crippen LogP contribution in [-0.4, -0.2) is 11.2 Å². The molecular formula is C16H20O2. The highest BCUT2D eigenvalue weighted by Gasteiger charge is 2.54. The second-order valence-corrected chi connectivity index (χ2v) is 6.28. The summed E-state index contributed by atoms with van der Waals surface area (Å²) in [5, 5.41) is 9.80. The van der Waals surface area contributed by atoms with Gasteiger partial charge in [0.05, 0.1) is 0 Å². The van der Waals surface area contributed by atoms with Crippen LogP contribution in [0.5, 0.6) is 11.5 Å². The molecule has 0 heterocycles. The lowest BCUT2D eigenvalue weighted by atomic mass is 9.80. The summed E-state index contributed by atoms with van der Waals surface area (Å²) in [4.78, 5) is 0. The van der Waals surface area contributed by atoms with Crippen LogP contribution in [0.3, 0.4) is 0 Å². The summed E-state index contributed by atoms with van der Waals surface area (Å²) in [6.07, 6.45) is 7.21. The van der Waals surface area contributed by atoms with E-state index in [1.54, 1.807) is 6.07 Å². The first-order valence-corrected chi connectivity index (χ1v) is 7.27. The number of rotatable bonds is 2. The van der Waals surface area contributed by atoms with Crippen molar-refractivity contribution in [3.63, 3.8) is 0 Å². The molecule has 4 rings (SSSR count). The van der Waals surface area contributed by atoms with Gasteiger partial charge in [0.15, 0.2) is 11.5 Å². The van der Waals surface area contributed by atoms with Crippen molar-refractivity contribution in [2.24, 2.45) is 23.7 Å². The molecule has 1 aromatic rings. The van der Waals surface area contributed by atoms with Crippen LogP contribution < -0.4 is 4.74 Å². The second kappa shape index (κ2) is 3.91. The van der Waals surface area contributed by atoms with E-state index in [4.69, 9.17) is 4.74 Å². The third-order valence-corrected chi connectivity index (χ3v) is 5.51. The van der Waals surface area contributed by atoms with E-state index in [1.165, 1.54) is 32.1 Å². The standard InChI is InChI=1S/C16H20O2/c17-14-6-1-2-7-15(14)18-16-9-10-8-13(16)12-5-3-4-11(10)12/h1-2,6-7,10-13,16-17H,3-5,8-9H2/t10-,11+,12+,13-,16-/m0/s1. The molecule has 0 unspecified atom stereocenters. The minimum Gasteiger partial charge on any atom is -0.504 e. The third kappa shape index (κ3) is 1.47. The second-order valence-electron chi connectivity index (χ2n) is 6.28. The Morgan fingerprint density at radius 2 is 1.83 bits per heavy atom. The van der Waals surface area contributed by atoms with Crippen molar-refractivity contribution in [3.8, 4) is 11.5 Å². The first kappa shape index (κ1) is 10.7. The third-order valence-electron chi connectivity index (χ3n) is 5.51. The number of para-hydroxylation sites is 2. The predicted molar refractivity (Wildman–Crippen MR) is 69.6 cm³/mol. The predicted octanol–water partition coefficient (Wildman–Crippen LogP) is 3.60. The fourth-order valence-corrected chi connectivity index (χ4v) is 4.86. The molecule has 3 aliphatic rings. The molecule has 3 saturated carbocycles. The van der Waals surface area contributed by atoms with E-state index in [0.29, 0.717) is 11.9 Å². The quantitative estimate of drug-likeness (QED) is 0.861. The molecule has 5 atom stereocenters. The van der Waals surface area contributed by atoms with E-state index in [0.717, 1.165) is 23.7 Å². The maximum Gasteiger partial charge on any atom is 0.161 e. The van der Waals surface area contributed by atoms with E-state index >= 15 is 0 Å². The van der Waals surface area contributed by atoms with Crippen molar-refractivity contribution < 1.29 is 9.84 Å². The number of benzene rings is 1. The summed E-state index contributed by atoms with van der Waals surface area (Å²) in [6, 6.07) is 7.37. The van der Waals surface area contributed by atoms with Gasteiger partial charge in [0, 0.05) is 0 Å². The fourth-order valence-electron chi connectivity index (χ4n) is 4.86. The molecule has 0 saturated heterocycles. The first-order valence-electron chi connectivity index (χ1n) is 7.27. The summed E-state index contributed by atoms with van der Waals surface area (Å²) in [6.45, 7) is 0. The highest BCUT2D eigenvalue weighted by atomic mass is 16.5. The normalized spacial score (nSPS) is 41.0. The van der Waals surface area contributed by atoms with Gasteiger partial charge in [-0.2, -0.15) is 0 Å². The van der Waals surface area contributed by atoms with Crippen molar-refractivity contribution >= 4 is 0 Å². The largest absolute Gasteiger partial charge is 0.504 e. The fraction of sp³-hybridized carbons (Fsp3) is 0.625. The van der Waals surface area contributed by atoms with Crippen molar-refractivity contribution in [3.05, 3.63) is 24.3 Å². The van der Waals surface area contributed by atoms with Crippen LogP contribution in [0.4, 0.5) is 0 Å². The monoisotopic (exact) mass is 244 g/mol. The Morgan fingerprint density at radius 1 is 1.00 bits per heavy atom. The topological polar surface area (TPSA) is 29.5 Å². The van der Waals surface area contributed by atoms with Gasteiger partial charge < -0.3 is 9.84 Å². The average molecular weight is 244 g/mol. The highest BCUT2D eigenvalue weighted by molar-refractivity contribution is 5.38. The highest BCUT2D eigenvalue weighted by Crippen LogP contribution is 2.59. The average Bonchev–Trinajstić information content (AvgIpc) is 3.03. The lowest BCUT2D eigenvalue weighted by Gasteiger charge is -2.31. The molecule has 18 heavy (non-hydrogen) atoms. The minimum absolute atomic E-state index is 0.281. The van der Waals surface area contributed by atoms with Gasteiger partial charge in [-0.1, -0.05) is 18.6 Å². The zero-order valence-corrected chi connectivity index (χ0v) is 10.6. The number of phenolic OH excluding ortho intramolecular Hbond substituents is 1. The molecule has 0 radical (unpaired) electrons. The van der Waals surface area contributed by atoms with Gasteiger partial charge in [-0.05, 0) is 61.5 Å². The van der Waals surface area contributed by atoms with Gasteiger partial charge in [-0.15, -0.1) is 0 Å². The molecule has 2 heteroatoms. The smallest absolute Gasteiger partial charge is 0.161 e. The molecule has 2 bridgehead atoms. The molecule has 96 valence electrons. The van der Waals surface area contributed by atoms with Gasteiger partial charge in [0.1, 0.15) is 6.10 Å². The summed E-state index contributed by atoms with van der Waals surface area (Å²) in [5.41, 5.74) is 0. The van der Waals surface area contributed by atoms with Crippen LogP contribution in [0, 0.1) is 23.7 Å². The molecule has 2 nitrogen and oxygen atoms in total. The summed E-state index contributed by atoms with van der Waals surface area (Å²) >= 11 is 0. The van der Waals surface area contributed by atoms with Gasteiger partial charge in [-0.3, -0.25) is 0 Å². The zero-order valence-electron chi connectivity index (χ0n) is 10.6. The van der Waals surface area contributed by atoms with Gasteiger partial charge in [-0.25, -0.2) is 0 Å². The van der Waals surface area contributed by atoms with Crippen LogP contribution in [0.2, 0.25) is 0 Å². The van der Waals surface area contributed by atoms with E-state index in [9.17, 15) is 5.11 Å². The summed E-state index contributed by atoms with van der Waals surface area (Å²) < 4.78 is 6.10. The van der Waals surface area contributed by atoms with Crippen molar-refractivity contribution in [2.75, 3.05) is 0 Å². The molecular weight excluding hydrogens is 224 g/mol. The summed E-state index contributed by atoms with van der Waals surface area (Å²) in [5.74, 6) is 4.52. The molecule has 0 aromatic heterocycles. The SMILES string of the molecule is Oc1ccccc1O[C@H]1C[C@@H]2C[C@H]1[C@@H]1CCC[C@H]21. The minimum atomic E-state index is 0.281. The lowest BCUT2D eigenvalue weighted by molar-refractivity contribution is 0.0817. The molecule has 3 fully saturated rings. The summed E-state index contributed by atoms with van der Waals surface area (Å²) in [7, 11) is 0. The molecule has 1 N–H and O–H groups in total. The van der Waals surface area contributed by atoms with Gasteiger partial charge in [0.2, 0.25) is 0 Å². The van der Waals surface area contributed by atoms with Gasteiger partial charge >= 0.3 is 0 Å². The molecule has 0 amide bonds. The molecule has 3 aliphatic carbocycles. The van der Waals surface area contributed by atoms with Crippen LogP contribution in [0.15, 0.2) is 24.3 Å². The number of phenols is 1. The Hall–Kier alpha value is -1.18. The zero-order chi connectivity index (χ0) is 12.1. The molecule has 1 aromatic carbocycles.